The zero-order chi connectivity index (χ0) is 15.8. The van der Waals surface area contributed by atoms with E-state index in [2.05, 4.69) is 45.7 Å². The van der Waals surface area contributed by atoms with Gasteiger partial charge in [0.15, 0.2) is 5.82 Å². The highest BCUT2D eigenvalue weighted by atomic mass is 16.5. The molecule has 0 radical (unpaired) electrons. The first kappa shape index (κ1) is 16.0. The molecule has 0 amide bonds. The van der Waals surface area contributed by atoms with Crippen molar-refractivity contribution in [3.63, 3.8) is 0 Å². The fraction of sp³-hybridized carbons (Fsp3) is 0.438. The Hall–Kier alpha value is -2.37. The monoisotopic (exact) mass is 301 g/mol. The molecule has 0 aliphatic heterocycles. The van der Waals surface area contributed by atoms with Crippen LogP contribution >= 0.6 is 0 Å². The van der Waals surface area contributed by atoms with Crippen molar-refractivity contribution in [2.24, 2.45) is 0 Å². The predicted molar refractivity (Wildman–Crippen MR) is 88.4 cm³/mol. The summed E-state index contributed by atoms with van der Waals surface area (Å²) in [6, 6.07) is 8.38. The van der Waals surface area contributed by atoms with E-state index in [9.17, 15) is 0 Å². The Morgan fingerprint density at radius 2 is 2.18 bits per heavy atom. The van der Waals surface area contributed by atoms with Crippen LogP contribution in [0.1, 0.15) is 25.8 Å². The van der Waals surface area contributed by atoms with E-state index in [4.69, 9.17) is 4.74 Å². The Morgan fingerprint density at radius 1 is 1.32 bits per heavy atom. The summed E-state index contributed by atoms with van der Waals surface area (Å²) in [4.78, 5) is 4.41. The van der Waals surface area contributed by atoms with E-state index in [-0.39, 0.29) is 0 Å². The Kier molecular flexibility index (Phi) is 5.94. The standard InChI is InChI=1S/C16H23N5O/c1-4-12(2)19-16-20-15(11-18-21-16)17-9-8-13-6-5-7-14(10-13)22-3/h5-7,10-12H,4,8-9H2,1-3H3,(H2,17,19,20,21). The van der Waals surface area contributed by atoms with Crippen LogP contribution in [0.2, 0.25) is 0 Å². The summed E-state index contributed by atoms with van der Waals surface area (Å²) in [6.45, 7) is 4.97. The van der Waals surface area contributed by atoms with E-state index in [1.165, 1.54) is 5.56 Å². The number of hydrogen-bond acceptors (Lipinski definition) is 6. The molecule has 0 saturated carbocycles. The summed E-state index contributed by atoms with van der Waals surface area (Å²) >= 11 is 0. The van der Waals surface area contributed by atoms with Crippen molar-refractivity contribution in [2.75, 3.05) is 24.3 Å². The van der Waals surface area contributed by atoms with Crippen LogP contribution < -0.4 is 15.4 Å². The highest BCUT2D eigenvalue weighted by Gasteiger charge is 2.04. The second kappa shape index (κ2) is 8.17. The summed E-state index contributed by atoms with van der Waals surface area (Å²) in [5.41, 5.74) is 1.21. The summed E-state index contributed by atoms with van der Waals surface area (Å²) in [7, 11) is 1.68. The van der Waals surface area contributed by atoms with Gasteiger partial charge in [-0.2, -0.15) is 10.1 Å². The van der Waals surface area contributed by atoms with Crippen molar-refractivity contribution >= 4 is 11.8 Å². The van der Waals surface area contributed by atoms with Crippen molar-refractivity contribution in [1.82, 2.24) is 15.2 Å². The maximum atomic E-state index is 5.22. The van der Waals surface area contributed by atoms with Crippen LogP contribution in [0.4, 0.5) is 11.8 Å². The molecule has 6 nitrogen and oxygen atoms in total. The highest BCUT2D eigenvalue weighted by molar-refractivity contribution is 5.38. The lowest BCUT2D eigenvalue weighted by Crippen LogP contribution is -2.17. The third-order valence-corrected chi connectivity index (χ3v) is 3.40. The molecule has 2 aromatic rings. The van der Waals surface area contributed by atoms with Gasteiger partial charge in [-0.1, -0.05) is 19.1 Å². The lowest BCUT2D eigenvalue weighted by atomic mass is 10.1. The normalized spacial score (nSPS) is 11.8. The molecule has 0 fully saturated rings. The second-order valence-electron chi connectivity index (χ2n) is 5.15. The molecule has 118 valence electrons. The average molecular weight is 301 g/mol. The van der Waals surface area contributed by atoms with Crippen molar-refractivity contribution in [1.29, 1.82) is 0 Å². The van der Waals surface area contributed by atoms with Crippen molar-refractivity contribution < 1.29 is 4.74 Å². The van der Waals surface area contributed by atoms with Crippen LogP contribution in [0.25, 0.3) is 0 Å². The number of rotatable bonds is 8. The van der Waals surface area contributed by atoms with Gasteiger partial charge in [-0.05, 0) is 37.5 Å². The van der Waals surface area contributed by atoms with Crippen LogP contribution in [0, 0.1) is 0 Å². The lowest BCUT2D eigenvalue weighted by molar-refractivity contribution is 0.414. The van der Waals surface area contributed by atoms with E-state index >= 15 is 0 Å². The molecule has 1 heterocycles. The molecule has 1 aromatic heterocycles. The molecule has 0 aliphatic carbocycles. The van der Waals surface area contributed by atoms with Gasteiger partial charge in [0.05, 0.1) is 13.3 Å². The SMILES string of the molecule is CCC(C)Nc1nncc(NCCc2cccc(OC)c2)n1. The zero-order valence-electron chi connectivity index (χ0n) is 13.3. The predicted octanol–water partition coefficient (Wildman–Crippen LogP) is 2.75. The highest BCUT2D eigenvalue weighted by Crippen LogP contribution is 2.13. The molecule has 6 heteroatoms. The van der Waals surface area contributed by atoms with Gasteiger partial charge in [0.2, 0.25) is 5.95 Å². The molecule has 0 saturated heterocycles. The smallest absolute Gasteiger partial charge is 0.244 e. The van der Waals surface area contributed by atoms with Gasteiger partial charge < -0.3 is 15.4 Å². The topological polar surface area (TPSA) is 72.0 Å². The Morgan fingerprint density at radius 3 is 2.95 bits per heavy atom. The summed E-state index contributed by atoms with van der Waals surface area (Å²) in [6.07, 6.45) is 3.53. The van der Waals surface area contributed by atoms with Crippen LogP contribution in [0.3, 0.4) is 0 Å². The van der Waals surface area contributed by atoms with Crippen LogP contribution in [0.15, 0.2) is 30.5 Å². The van der Waals surface area contributed by atoms with Gasteiger partial charge in [-0.3, -0.25) is 0 Å². The van der Waals surface area contributed by atoms with Gasteiger partial charge in [-0.15, -0.1) is 5.10 Å². The summed E-state index contributed by atoms with van der Waals surface area (Å²) in [5, 5.41) is 14.4. The third kappa shape index (κ3) is 4.87. The molecule has 1 aromatic carbocycles. The minimum atomic E-state index is 0.328. The zero-order valence-corrected chi connectivity index (χ0v) is 13.3. The minimum absolute atomic E-state index is 0.328. The van der Waals surface area contributed by atoms with Crippen molar-refractivity contribution in [2.45, 2.75) is 32.7 Å². The third-order valence-electron chi connectivity index (χ3n) is 3.40. The van der Waals surface area contributed by atoms with E-state index in [0.717, 1.165) is 31.0 Å². The quantitative estimate of drug-likeness (QED) is 0.781. The number of aromatic nitrogens is 3. The Bertz CT molecular complexity index is 590. The first-order chi connectivity index (χ1) is 10.7. The maximum Gasteiger partial charge on any atom is 0.244 e. The summed E-state index contributed by atoms with van der Waals surface area (Å²) < 4.78 is 5.22. The number of hydrogen-bond donors (Lipinski definition) is 2. The van der Waals surface area contributed by atoms with E-state index in [1.54, 1.807) is 13.3 Å². The van der Waals surface area contributed by atoms with Gasteiger partial charge >= 0.3 is 0 Å². The van der Waals surface area contributed by atoms with Crippen molar-refractivity contribution in [3.05, 3.63) is 36.0 Å². The minimum Gasteiger partial charge on any atom is -0.497 e. The molecule has 22 heavy (non-hydrogen) atoms. The largest absolute Gasteiger partial charge is 0.497 e. The maximum absolute atomic E-state index is 5.22. The average Bonchev–Trinajstić information content (AvgIpc) is 2.55. The van der Waals surface area contributed by atoms with Crippen LogP contribution in [0.5, 0.6) is 5.75 Å². The van der Waals surface area contributed by atoms with E-state index < -0.39 is 0 Å². The fourth-order valence-electron chi connectivity index (χ4n) is 1.94. The number of nitrogens with zero attached hydrogens (tertiary/aromatic N) is 3. The van der Waals surface area contributed by atoms with Gasteiger partial charge in [0, 0.05) is 12.6 Å². The lowest BCUT2D eigenvalue weighted by Gasteiger charge is -2.11. The molecule has 2 N–H and O–H groups in total. The molecule has 0 aliphatic rings. The number of methoxy groups -OCH3 is 1. The molecular weight excluding hydrogens is 278 g/mol. The van der Waals surface area contributed by atoms with Gasteiger partial charge in [0.25, 0.3) is 0 Å². The summed E-state index contributed by atoms with van der Waals surface area (Å²) in [5.74, 6) is 2.16. The fourth-order valence-corrected chi connectivity index (χ4v) is 1.94. The van der Waals surface area contributed by atoms with Gasteiger partial charge in [0.1, 0.15) is 5.75 Å². The number of nitrogens with one attached hydrogen (secondary N) is 2. The van der Waals surface area contributed by atoms with E-state index in [0.29, 0.717) is 12.0 Å². The van der Waals surface area contributed by atoms with E-state index in [1.807, 2.05) is 18.2 Å². The molecule has 1 unspecified atom stereocenters. The molecular formula is C16H23N5O. The van der Waals surface area contributed by atoms with Crippen molar-refractivity contribution in [3.8, 4) is 5.75 Å². The molecule has 2 rings (SSSR count). The second-order valence-corrected chi connectivity index (χ2v) is 5.15. The van der Waals surface area contributed by atoms with Crippen LogP contribution in [-0.4, -0.2) is 34.9 Å². The number of anilines is 2. The Labute approximate surface area is 131 Å². The molecule has 0 bridgehead atoms. The first-order valence-corrected chi connectivity index (χ1v) is 7.54. The first-order valence-electron chi connectivity index (χ1n) is 7.54. The van der Waals surface area contributed by atoms with Gasteiger partial charge in [-0.25, -0.2) is 0 Å². The van der Waals surface area contributed by atoms with Crippen LogP contribution in [-0.2, 0) is 6.42 Å². The number of benzene rings is 1. The number of ether oxygens (including phenoxy) is 1. The molecule has 0 spiro atoms. The Balaban J connectivity index is 1.87. The molecule has 1 atom stereocenters.